The fraction of sp³-hybridized carbons (Fsp3) is 0.200. The molecule has 0 spiro atoms. The second-order valence-electron chi connectivity index (χ2n) is 6.29. The Labute approximate surface area is 144 Å². The summed E-state index contributed by atoms with van der Waals surface area (Å²) in [6.45, 7) is 3.02. The molecule has 2 aromatic carbocycles. The quantitative estimate of drug-likeness (QED) is 0.711. The van der Waals surface area contributed by atoms with Crippen molar-refractivity contribution in [3.05, 3.63) is 76.7 Å². The van der Waals surface area contributed by atoms with Crippen LogP contribution in [0.1, 0.15) is 27.2 Å². The maximum Gasteiger partial charge on any atom is 0.254 e. The first-order chi connectivity index (χ1) is 12.1. The van der Waals surface area contributed by atoms with E-state index in [2.05, 4.69) is 5.16 Å². The number of aromatic nitrogens is 1. The van der Waals surface area contributed by atoms with Gasteiger partial charge in [0, 0.05) is 23.2 Å². The predicted octanol–water partition coefficient (Wildman–Crippen LogP) is 3.99. The molecule has 0 bridgehead atoms. The summed E-state index contributed by atoms with van der Waals surface area (Å²) < 4.78 is 18.6. The number of hydrogen-bond acceptors (Lipinski definition) is 3. The second-order valence-corrected chi connectivity index (χ2v) is 6.29. The number of rotatable bonds is 2. The van der Waals surface area contributed by atoms with Gasteiger partial charge in [0.1, 0.15) is 11.5 Å². The van der Waals surface area contributed by atoms with Crippen LogP contribution in [0, 0.1) is 12.7 Å². The van der Waals surface area contributed by atoms with E-state index in [4.69, 9.17) is 4.52 Å². The van der Waals surface area contributed by atoms with Gasteiger partial charge in [-0.1, -0.05) is 22.9 Å². The van der Waals surface area contributed by atoms with E-state index in [-0.39, 0.29) is 11.7 Å². The average Bonchev–Trinajstić information content (AvgIpc) is 3.05. The van der Waals surface area contributed by atoms with Crippen LogP contribution >= 0.6 is 0 Å². The van der Waals surface area contributed by atoms with Crippen molar-refractivity contribution in [3.8, 4) is 11.3 Å². The summed E-state index contributed by atoms with van der Waals surface area (Å²) in [6, 6.07) is 13.7. The van der Waals surface area contributed by atoms with Gasteiger partial charge in [0.25, 0.3) is 5.91 Å². The molecule has 0 atom stereocenters. The molecule has 4 nitrogen and oxygen atoms in total. The number of nitrogens with zero attached hydrogens (tertiary/aromatic N) is 2. The predicted molar refractivity (Wildman–Crippen MR) is 91.5 cm³/mol. The van der Waals surface area contributed by atoms with Crippen molar-refractivity contribution >= 4 is 5.91 Å². The molecule has 2 heterocycles. The number of fused-ring (bicyclic) bond motifs is 1. The van der Waals surface area contributed by atoms with Crippen LogP contribution in [0.2, 0.25) is 0 Å². The van der Waals surface area contributed by atoms with Crippen molar-refractivity contribution in [2.75, 3.05) is 6.54 Å². The van der Waals surface area contributed by atoms with Crippen molar-refractivity contribution in [3.63, 3.8) is 0 Å². The van der Waals surface area contributed by atoms with Crippen LogP contribution in [-0.4, -0.2) is 22.5 Å². The third-order valence-electron chi connectivity index (χ3n) is 4.53. The number of halogens is 1. The molecule has 1 aliphatic heterocycles. The van der Waals surface area contributed by atoms with Crippen LogP contribution in [0.5, 0.6) is 0 Å². The fourth-order valence-electron chi connectivity index (χ4n) is 3.11. The zero-order valence-corrected chi connectivity index (χ0v) is 13.8. The zero-order valence-electron chi connectivity index (χ0n) is 13.8. The van der Waals surface area contributed by atoms with E-state index >= 15 is 0 Å². The standard InChI is InChI=1S/C20H17FN2O2/c1-13-2-4-15(5-3-13)20(24)23-11-10-17-18(12-23)22-25-19(17)14-6-8-16(21)9-7-14/h2-9H,10-12H2,1H3. The lowest BCUT2D eigenvalue weighted by Crippen LogP contribution is -2.35. The topological polar surface area (TPSA) is 46.3 Å². The smallest absolute Gasteiger partial charge is 0.254 e. The van der Waals surface area contributed by atoms with E-state index in [1.807, 2.05) is 31.2 Å². The minimum atomic E-state index is -0.285. The lowest BCUT2D eigenvalue weighted by atomic mass is 10.00. The molecule has 1 aromatic heterocycles. The fourth-order valence-corrected chi connectivity index (χ4v) is 3.11. The van der Waals surface area contributed by atoms with Gasteiger partial charge in [-0.2, -0.15) is 0 Å². The Bertz CT molecular complexity index is 914. The Hall–Kier alpha value is -2.95. The van der Waals surface area contributed by atoms with Gasteiger partial charge < -0.3 is 9.42 Å². The molecule has 25 heavy (non-hydrogen) atoms. The molecular formula is C20H17FN2O2. The van der Waals surface area contributed by atoms with Crippen LogP contribution in [0.4, 0.5) is 4.39 Å². The normalized spacial score (nSPS) is 13.6. The van der Waals surface area contributed by atoms with Gasteiger partial charge in [-0.25, -0.2) is 4.39 Å². The average molecular weight is 336 g/mol. The Morgan fingerprint density at radius 1 is 1.12 bits per heavy atom. The van der Waals surface area contributed by atoms with Crippen LogP contribution < -0.4 is 0 Å². The molecule has 0 saturated heterocycles. The number of carbonyl (C=O) groups is 1. The summed E-state index contributed by atoms with van der Waals surface area (Å²) in [7, 11) is 0. The Kier molecular flexibility index (Phi) is 3.84. The summed E-state index contributed by atoms with van der Waals surface area (Å²) in [6.07, 6.45) is 0.670. The van der Waals surface area contributed by atoms with E-state index in [9.17, 15) is 9.18 Å². The van der Waals surface area contributed by atoms with Gasteiger partial charge in [0.05, 0.1) is 6.54 Å². The highest BCUT2D eigenvalue weighted by Gasteiger charge is 2.27. The second kappa shape index (κ2) is 6.16. The molecule has 0 unspecified atom stereocenters. The molecule has 1 amide bonds. The van der Waals surface area contributed by atoms with Crippen molar-refractivity contribution in [1.29, 1.82) is 0 Å². The minimum absolute atomic E-state index is 0.00279. The molecule has 0 fully saturated rings. The van der Waals surface area contributed by atoms with E-state index in [1.165, 1.54) is 12.1 Å². The molecule has 0 saturated carbocycles. The van der Waals surface area contributed by atoms with Gasteiger partial charge in [-0.15, -0.1) is 0 Å². The van der Waals surface area contributed by atoms with Crippen molar-refractivity contribution < 1.29 is 13.7 Å². The molecule has 5 heteroatoms. The molecular weight excluding hydrogens is 319 g/mol. The lowest BCUT2D eigenvalue weighted by Gasteiger charge is -2.26. The first-order valence-corrected chi connectivity index (χ1v) is 8.21. The SMILES string of the molecule is Cc1ccc(C(=O)N2CCc3c(noc3-c3ccc(F)cc3)C2)cc1. The number of carbonyl (C=O) groups excluding carboxylic acids is 1. The van der Waals surface area contributed by atoms with E-state index < -0.39 is 0 Å². The van der Waals surface area contributed by atoms with Crippen molar-refractivity contribution in [2.24, 2.45) is 0 Å². The van der Waals surface area contributed by atoms with Gasteiger partial charge in [-0.3, -0.25) is 4.79 Å². The first-order valence-electron chi connectivity index (χ1n) is 8.21. The largest absolute Gasteiger partial charge is 0.356 e. The highest BCUT2D eigenvalue weighted by molar-refractivity contribution is 5.94. The monoisotopic (exact) mass is 336 g/mol. The zero-order chi connectivity index (χ0) is 17.4. The highest BCUT2D eigenvalue weighted by atomic mass is 19.1. The first kappa shape index (κ1) is 15.6. The number of benzene rings is 2. The molecule has 1 aliphatic rings. The summed E-state index contributed by atoms with van der Waals surface area (Å²) in [4.78, 5) is 14.4. The van der Waals surface area contributed by atoms with Crippen molar-refractivity contribution in [1.82, 2.24) is 10.1 Å². The molecule has 4 rings (SSSR count). The van der Waals surface area contributed by atoms with Crippen LogP contribution in [0.15, 0.2) is 53.1 Å². The van der Waals surface area contributed by atoms with Gasteiger partial charge in [-0.05, 0) is 49.7 Å². The molecule has 0 N–H and O–H groups in total. The van der Waals surface area contributed by atoms with Gasteiger partial charge in [0.15, 0.2) is 5.76 Å². The Balaban J connectivity index is 1.57. The summed E-state index contributed by atoms with van der Waals surface area (Å²) in [5.74, 6) is 0.376. The summed E-state index contributed by atoms with van der Waals surface area (Å²) in [5, 5.41) is 4.13. The van der Waals surface area contributed by atoms with Gasteiger partial charge in [0.2, 0.25) is 0 Å². The minimum Gasteiger partial charge on any atom is -0.356 e. The Morgan fingerprint density at radius 3 is 2.56 bits per heavy atom. The van der Waals surface area contributed by atoms with Crippen LogP contribution in [0.3, 0.4) is 0 Å². The molecule has 126 valence electrons. The highest BCUT2D eigenvalue weighted by Crippen LogP contribution is 2.30. The number of amides is 1. The molecule has 0 radical (unpaired) electrons. The molecule has 3 aromatic rings. The van der Waals surface area contributed by atoms with Crippen LogP contribution in [0.25, 0.3) is 11.3 Å². The number of hydrogen-bond donors (Lipinski definition) is 0. The van der Waals surface area contributed by atoms with E-state index in [1.54, 1.807) is 17.0 Å². The third-order valence-corrected chi connectivity index (χ3v) is 4.53. The van der Waals surface area contributed by atoms with E-state index in [0.29, 0.717) is 30.8 Å². The van der Waals surface area contributed by atoms with E-state index in [0.717, 1.165) is 22.4 Å². The maximum absolute atomic E-state index is 13.1. The molecule has 0 aliphatic carbocycles. The van der Waals surface area contributed by atoms with Gasteiger partial charge >= 0.3 is 0 Å². The lowest BCUT2D eigenvalue weighted by molar-refractivity contribution is 0.0731. The third kappa shape index (κ3) is 2.93. The van der Waals surface area contributed by atoms with Crippen LogP contribution in [-0.2, 0) is 13.0 Å². The number of aryl methyl sites for hydroxylation is 1. The summed E-state index contributed by atoms with van der Waals surface area (Å²) in [5.41, 5.74) is 4.37. The Morgan fingerprint density at radius 2 is 1.84 bits per heavy atom. The van der Waals surface area contributed by atoms with Crippen molar-refractivity contribution in [2.45, 2.75) is 19.9 Å². The summed E-state index contributed by atoms with van der Waals surface area (Å²) >= 11 is 0. The maximum atomic E-state index is 13.1.